The number of hydrogen-bond donors (Lipinski definition) is 6. The van der Waals surface area contributed by atoms with Crippen LogP contribution in [-0.4, -0.2) is 101 Å². The molecule has 39 heavy (non-hydrogen) atoms. The number of aliphatic carboxylic acids is 2. The lowest BCUT2D eigenvalue weighted by molar-refractivity contribution is -0.163. The van der Waals surface area contributed by atoms with Crippen molar-refractivity contribution in [1.29, 1.82) is 0 Å². The second kappa shape index (κ2) is 10.4. The van der Waals surface area contributed by atoms with E-state index in [2.05, 4.69) is 5.32 Å². The predicted molar refractivity (Wildman–Crippen MR) is 134 cm³/mol. The number of fused-ring (bicyclic) bond motifs is 2. The first-order valence-corrected chi connectivity index (χ1v) is 12.8. The van der Waals surface area contributed by atoms with Gasteiger partial charge in [0, 0.05) is 4.75 Å². The minimum Gasteiger partial charge on any atom is -0.508 e. The van der Waals surface area contributed by atoms with E-state index in [0.29, 0.717) is 5.56 Å². The number of aliphatic hydroxyl groups excluding tert-OH is 1. The van der Waals surface area contributed by atoms with E-state index in [1.807, 2.05) is 0 Å². The van der Waals surface area contributed by atoms with Gasteiger partial charge in [0.25, 0.3) is 0 Å². The Bertz CT molecular complexity index is 1240. The van der Waals surface area contributed by atoms with Crippen molar-refractivity contribution in [1.82, 2.24) is 15.1 Å². The number of nitrogens with one attached hydrogen (secondary N) is 1. The van der Waals surface area contributed by atoms with E-state index < -0.39 is 64.3 Å². The molecule has 0 aromatic heterocycles. The van der Waals surface area contributed by atoms with Gasteiger partial charge in [0.15, 0.2) is 12.3 Å². The van der Waals surface area contributed by atoms with Crippen molar-refractivity contribution >= 4 is 41.4 Å². The first-order valence-electron chi connectivity index (χ1n) is 11.9. The molecular formula is C24H28N4O10S. The molecule has 4 saturated heterocycles. The highest BCUT2D eigenvalue weighted by Crippen LogP contribution is 2.50. The average Bonchev–Trinajstić information content (AvgIpc) is 3.31. The van der Waals surface area contributed by atoms with Gasteiger partial charge < -0.3 is 41.1 Å². The zero-order valence-corrected chi connectivity index (χ0v) is 21.7. The first kappa shape index (κ1) is 28.2. The Labute approximate surface area is 226 Å². The van der Waals surface area contributed by atoms with Gasteiger partial charge >= 0.3 is 11.9 Å². The molecule has 0 radical (unpaired) electrons. The maximum atomic E-state index is 12.3. The lowest BCUT2D eigenvalue weighted by Crippen LogP contribution is -2.71. The smallest absolute Gasteiger partial charge is 0.334 e. The van der Waals surface area contributed by atoms with Crippen LogP contribution in [0.25, 0.3) is 0 Å². The van der Waals surface area contributed by atoms with Crippen LogP contribution in [-0.2, 0) is 28.7 Å². The highest BCUT2D eigenvalue weighted by atomic mass is 32.2. The summed E-state index contributed by atoms with van der Waals surface area (Å²) in [4.78, 5) is 60.5. The number of phenols is 1. The summed E-state index contributed by atoms with van der Waals surface area (Å²) in [7, 11) is 0. The van der Waals surface area contributed by atoms with Crippen molar-refractivity contribution in [2.24, 2.45) is 5.73 Å². The van der Waals surface area contributed by atoms with E-state index in [1.165, 1.54) is 51.9 Å². The zero-order valence-electron chi connectivity index (χ0n) is 20.9. The molecule has 0 spiro atoms. The van der Waals surface area contributed by atoms with Crippen molar-refractivity contribution in [3.63, 3.8) is 0 Å². The van der Waals surface area contributed by atoms with Gasteiger partial charge in [-0.25, -0.2) is 9.59 Å². The van der Waals surface area contributed by atoms with Crippen LogP contribution in [0.5, 0.6) is 5.75 Å². The molecule has 4 fully saturated rings. The summed E-state index contributed by atoms with van der Waals surface area (Å²) in [5.74, 6) is -3.16. The van der Waals surface area contributed by atoms with Gasteiger partial charge in [0.1, 0.15) is 35.0 Å². The number of carbonyl (C=O) groups excluding carboxylic acids is 3. The average molecular weight is 565 g/mol. The summed E-state index contributed by atoms with van der Waals surface area (Å²) < 4.78 is 4.52. The fraction of sp³-hybridized carbons (Fsp3) is 0.458. The third kappa shape index (κ3) is 4.99. The Morgan fingerprint density at radius 3 is 2.36 bits per heavy atom. The molecule has 15 heteroatoms. The van der Waals surface area contributed by atoms with Crippen LogP contribution in [0.4, 0.5) is 0 Å². The number of ether oxygens (including phenoxy) is 1. The topological polar surface area (TPSA) is 220 Å². The second-order valence-electron chi connectivity index (χ2n) is 9.76. The summed E-state index contributed by atoms with van der Waals surface area (Å²) in [5, 5.41) is 38.4. The lowest BCUT2D eigenvalue weighted by Gasteiger charge is -2.43. The van der Waals surface area contributed by atoms with Crippen LogP contribution in [0.2, 0.25) is 0 Å². The molecule has 4 aliphatic heterocycles. The van der Waals surface area contributed by atoms with Gasteiger partial charge in [-0.3, -0.25) is 19.3 Å². The minimum atomic E-state index is -1.14. The van der Waals surface area contributed by atoms with E-state index in [-0.39, 0.29) is 30.4 Å². The summed E-state index contributed by atoms with van der Waals surface area (Å²) in [6, 6.07) is 2.14. The quantitative estimate of drug-likeness (QED) is 0.227. The van der Waals surface area contributed by atoms with E-state index in [0.717, 1.165) is 0 Å². The molecule has 14 nitrogen and oxygen atoms in total. The molecule has 0 aliphatic carbocycles. The summed E-state index contributed by atoms with van der Waals surface area (Å²) in [6.07, 6.45) is 1.03. The molecule has 6 atom stereocenters. The predicted octanol–water partition coefficient (Wildman–Crippen LogP) is -1.07. The van der Waals surface area contributed by atoms with Crippen LogP contribution in [0.1, 0.15) is 31.9 Å². The fourth-order valence-electron chi connectivity index (χ4n) is 4.88. The number of hydrogen-bond acceptors (Lipinski definition) is 10. The maximum Gasteiger partial charge on any atom is 0.334 e. The molecule has 4 heterocycles. The Balaban J connectivity index is 0.000000212. The maximum absolute atomic E-state index is 12.3. The molecule has 0 bridgehead atoms. The number of carbonyl (C=O) groups is 5. The number of β-lactam (4-membered cyclic amide) rings is 2. The van der Waals surface area contributed by atoms with E-state index in [1.54, 1.807) is 13.8 Å². The summed E-state index contributed by atoms with van der Waals surface area (Å²) in [5.41, 5.74) is 6.41. The van der Waals surface area contributed by atoms with E-state index in [4.69, 9.17) is 20.7 Å². The summed E-state index contributed by atoms with van der Waals surface area (Å²) >= 11 is 1.35. The Morgan fingerprint density at radius 2 is 1.82 bits per heavy atom. The molecule has 0 saturated carbocycles. The van der Waals surface area contributed by atoms with Crippen molar-refractivity contribution in [3.8, 4) is 5.75 Å². The van der Waals surface area contributed by atoms with Crippen LogP contribution in [0.3, 0.4) is 0 Å². The Morgan fingerprint density at radius 1 is 1.18 bits per heavy atom. The largest absolute Gasteiger partial charge is 0.508 e. The monoisotopic (exact) mass is 564 g/mol. The van der Waals surface area contributed by atoms with E-state index >= 15 is 0 Å². The number of rotatable bonds is 6. The SMILES string of the molecule is CC1(C)SC2C(NC(=O)C(N)c3ccc(O)cc3)C(=O)N2C1C(=O)O.O=C(O)C1C(=CCO)OC2CC(=O)N21. The van der Waals surface area contributed by atoms with Gasteiger partial charge in [0.2, 0.25) is 17.7 Å². The van der Waals surface area contributed by atoms with Crippen LogP contribution in [0.15, 0.2) is 36.1 Å². The number of aromatic hydroxyl groups is 1. The highest BCUT2D eigenvalue weighted by molar-refractivity contribution is 8.01. The molecule has 4 aliphatic rings. The number of nitrogens with two attached hydrogens (primary N) is 1. The van der Waals surface area contributed by atoms with Crippen molar-refractivity contribution < 1.29 is 49.1 Å². The van der Waals surface area contributed by atoms with Crippen molar-refractivity contribution in [3.05, 3.63) is 41.7 Å². The highest BCUT2D eigenvalue weighted by Gasteiger charge is 2.64. The third-order valence-electron chi connectivity index (χ3n) is 6.80. The van der Waals surface area contributed by atoms with Crippen molar-refractivity contribution in [2.45, 2.75) is 60.8 Å². The molecule has 7 N–H and O–H groups in total. The number of thioether (sulfide) groups is 1. The van der Waals surface area contributed by atoms with Crippen LogP contribution in [0, 0.1) is 0 Å². The minimum absolute atomic E-state index is 0.0606. The van der Waals surface area contributed by atoms with Gasteiger partial charge in [-0.1, -0.05) is 12.1 Å². The second-order valence-corrected chi connectivity index (χ2v) is 11.5. The van der Waals surface area contributed by atoms with Gasteiger partial charge in [-0.15, -0.1) is 11.8 Å². The third-order valence-corrected chi connectivity index (χ3v) is 8.37. The van der Waals surface area contributed by atoms with Gasteiger partial charge in [-0.05, 0) is 37.6 Å². The molecule has 3 amide bonds. The number of phenolic OH excluding ortho intramolecular Hbond substituents is 1. The molecule has 210 valence electrons. The first-order chi connectivity index (χ1) is 18.3. The number of carboxylic acid groups (broad SMARTS) is 2. The molecule has 1 aromatic rings. The molecule has 5 rings (SSSR count). The van der Waals surface area contributed by atoms with Crippen molar-refractivity contribution in [2.75, 3.05) is 6.61 Å². The molecule has 1 aromatic carbocycles. The Kier molecular flexibility index (Phi) is 7.51. The van der Waals surface area contributed by atoms with Gasteiger partial charge in [0.05, 0.1) is 13.0 Å². The molecule has 6 unspecified atom stereocenters. The number of benzene rings is 1. The van der Waals surface area contributed by atoms with E-state index in [9.17, 15) is 34.2 Å². The number of carboxylic acids is 2. The van der Waals surface area contributed by atoms with Gasteiger partial charge in [-0.2, -0.15) is 0 Å². The lowest BCUT2D eigenvalue weighted by atomic mass is 9.95. The van der Waals surface area contributed by atoms with Crippen LogP contribution < -0.4 is 11.1 Å². The zero-order chi connectivity index (χ0) is 28.8. The molecular weight excluding hydrogens is 536 g/mol. The number of nitrogens with zero attached hydrogens (tertiary/aromatic N) is 2. The number of amides is 3. The summed E-state index contributed by atoms with van der Waals surface area (Å²) in [6.45, 7) is 3.24. The normalized spacial score (nSPS) is 29.6. The fourth-order valence-corrected chi connectivity index (χ4v) is 6.51. The Hall–Kier alpha value is -3.82. The standard InChI is InChI=1S/C16H19N3O5S.C8H9NO5/c1-16(2)11(15(23)24)19-13(22)10(14(19)25-16)18-12(21)9(17)7-3-5-8(20)6-4-7;10-2-1-4-7(8(12)13)9-5(11)3-6(9)14-4/h3-6,9-11,14,20H,17H2,1-2H3,(H,18,21)(H,23,24);1,6-7,10H,2-3H2,(H,12,13). The number of aliphatic hydroxyl groups is 1. The van der Waals surface area contributed by atoms with Crippen LogP contribution >= 0.6 is 11.8 Å².